The number of rotatable bonds is 6. The molecule has 0 aliphatic heterocycles. The van der Waals surface area contributed by atoms with Crippen LogP contribution in [0.25, 0.3) is 10.9 Å². The van der Waals surface area contributed by atoms with Crippen LogP contribution < -0.4 is 16.2 Å². The van der Waals surface area contributed by atoms with Crippen molar-refractivity contribution in [2.75, 3.05) is 10.6 Å². The molecule has 0 saturated heterocycles. The van der Waals surface area contributed by atoms with Gasteiger partial charge in [0, 0.05) is 29.2 Å². The van der Waals surface area contributed by atoms with Gasteiger partial charge in [-0.1, -0.05) is 24.3 Å². The number of amides is 1. The number of aromatic nitrogens is 2. The number of H-pyrrole nitrogens is 1. The van der Waals surface area contributed by atoms with Crippen LogP contribution in [0.15, 0.2) is 90.2 Å². The minimum Gasteiger partial charge on any atom is -0.356 e. The normalized spacial score (nSPS) is 10.6. The molecule has 31 heavy (non-hydrogen) atoms. The molecule has 1 aromatic heterocycles. The minimum atomic E-state index is -0.278. The highest BCUT2D eigenvalue weighted by atomic mass is 32.1. The van der Waals surface area contributed by atoms with Gasteiger partial charge < -0.3 is 15.6 Å². The summed E-state index contributed by atoms with van der Waals surface area (Å²) < 4.78 is 1.71. The molecule has 0 aliphatic rings. The fraction of sp³-hybridized carbons (Fsp3) is 0.0417. The second-order valence-electron chi connectivity index (χ2n) is 6.92. The number of carbonyl (C=O) groups is 1. The molecule has 0 spiro atoms. The molecule has 6 nitrogen and oxygen atoms in total. The molecular formula is C24H20N4O2S. The highest BCUT2D eigenvalue weighted by Crippen LogP contribution is 2.19. The van der Waals surface area contributed by atoms with Gasteiger partial charge in [0.25, 0.3) is 11.5 Å². The summed E-state index contributed by atoms with van der Waals surface area (Å²) in [5.74, 6) is -0.278. The number of allylic oxidation sites excluding steroid dienone is 1. The molecule has 0 fully saturated rings. The minimum absolute atomic E-state index is 0.216. The van der Waals surface area contributed by atoms with Gasteiger partial charge in [-0.05, 0) is 66.8 Å². The number of carbonyl (C=O) groups excluding carboxylic acids is 1. The van der Waals surface area contributed by atoms with E-state index in [0.29, 0.717) is 28.7 Å². The van der Waals surface area contributed by atoms with E-state index in [-0.39, 0.29) is 16.2 Å². The molecule has 3 N–H and O–H groups in total. The van der Waals surface area contributed by atoms with E-state index >= 15 is 0 Å². The SMILES string of the molecule is C=CCn1c(=S)[nH]c2cc(C(=O)Nc3ccc(Nc4ccccc4)cc3)ccc2c1=O. The lowest BCUT2D eigenvalue weighted by Gasteiger charge is -2.10. The Balaban J connectivity index is 1.53. The Hall–Kier alpha value is -3.97. The third kappa shape index (κ3) is 4.46. The van der Waals surface area contributed by atoms with E-state index < -0.39 is 0 Å². The molecule has 0 radical (unpaired) electrons. The van der Waals surface area contributed by atoms with Gasteiger partial charge in [-0.15, -0.1) is 6.58 Å². The molecule has 4 rings (SSSR count). The van der Waals surface area contributed by atoms with Crippen LogP contribution in [0.4, 0.5) is 17.1 Å². The first kappa shape index (κ1) is 20.3. The Kier molecular flexibility index (Phi) is 5.77. The van der Waals surface area contributed by atoms with Gasteiger partial charge in [-0.2, -0.15) is 0 Å². The molecule has 0 bridgehead atoms. The van der Waals surface area contributed by atoms with E-state index in [2.05, 4.69) is 22.2 Å². The van der Waals surface area contributed by atoms with Crippen LogP contribution in [0, 0.1) is 4.77 Å². The first-order valence-electron chi connectivity index (χ1n) is 9.66. The summed E-state index contributed by atoms with van der Waals surface area (Å²) >= 11 is 5.26. The van der Waals surface area contributed by atoms with Gasteiger partial charge in [0.05, 0.1) is 10.9 Å². The third-order valence-corrected chi connectivity index (χ3v) is 5.08. The van der Waals surface area contributed by atoms with Crippen molar-refractivity contribution in [1.29, 1.82) is 0 Å². The van der Waals surface area contributed by atoms with Crippen LogP contribution in [0.2, 0.25) is 0 Å². The van der Waals surface area contributed by atoms with Crippen LogP contribution in [0.1, 0.15) is 10.4 Å². The quantitative estimate of drug-likeness (QED) is 0.290. The van der Waals surface area contributed by atoms with Crippen LogP contribution in [0.3, 0.4) is 0 Å². The molecule has 0 unspecified atom stereocenters. The van der Waals surface area contributed by atoms with Crippen LogP contribution in [0.5, 0.6) is 0 Å². The molecule has 1 heterocycles. The number of fused-ring (bicyclic) bond motifs is 1. The Labute approximate surface area is 183 Å². The molecule has 1 amide bonds. The second kappa shape index (κ2) is 8.81. The van der Waals surface area contributed by atoms with Gasteiger partial charge in [0.2, 0.25) is 0 Å². The van der Waals surface area contributed by atoms with Crippen molar-refractivity contribution in [3.63, 3.8) is 0 Å². The molecule has 7 heteroatoms. The summed E-state index contributed by atoms with van der Waals surface area (Å²) in [7, 11) is 0. The molecule has 154 valence electrons. The Bertz CT molecular complexity index is 1370. The monoisotopic (exact) mass is 428 g/mol. The maximum atomic E-state index is 12.7. The Morgan fingerprint density at radius 2 is 1.68 bits per heavy atom. The molecular weight excluding hydrogens is 408 g/mol. The van der Waals surface area contributed by atoms with Gasteiger partial charge in [0.15, 0.2) is 4.77 Å². The van der Waals surface area contributed by atoms with Crippen molar-refractivity contribution in [2.24, 2.45) is 0 Å². The Morgan fingerprint density at radius 1 is 1.00 bits per heavy atom. The standard InChI is InChI=1S/C24H20N4O2S/c1-2-14-28-23(30)20-13-8-16(15-21(20)27-24(28)31)22(29)26-19-11-9-18(10-12-19)25-17-6-4-3-5-7-17/h2-13,15,25H,1,14H2,(H,26,29)(H,27,31). The van der Waals surface area contributed by atoms with Crippen molar-refractivity contribution in [3.8, 4) is 0 Å². The lowest BCUT2D eigenvalue weighted by atomic mass is 10.1. The number of nitrogens with one attached hydrogen (secondary N) is 3. The van der Waals surface area contributed by atoms with Crippen molar-refractivity contribution >= 4 is 46.1 Å². The predicted octanol–water partition coefficient (Wildman–Crippen LogP) is 5.24. The van der Waals surface area contributed by atoms with E-state index in [0.717, 1.165) is 11.4 Å². The summed E-state index contributed by atoms with van der Waals surface area (Å²) in [5, 5.41) is 6.63. The van der Waals surface area contributed by atoms with Crippen molar-refractivity contribution in [3.05, 3.63) is 106 Å². The first-order chi connectivity index (χ1) is 15.0. The number of benzene rings is 3. The number of para-hydroxylation sites is 1. The van der Waals surface area contributed by atoms with E-state index in [1.165, 1.54) is 4.57 Å². The average molecular weight is 429 g/mol. The topological polar surface area (TPSA) is 78.9 Å². The first-order valence-corrected chi connectivity index (χ1v) is 10.1. The fourth-order valence-electron chi connectivity index (χ4n) is 3.22. The van der Waals surface area contributed by atoms with Crippen molar-refractivity contribution in [1.82, 2.24) is 9.55 Å². The summed E-state index contributed by atoms with van der Waals surface area (Å²) in [6, 6.07) is 22.2. The molecule has 3 aromatic carbocycles. The lowest BCUT2D eigenvalue weighted by Crippen LogP contribution is -2.22. The summed E-state index contributed by atoms with van der Waals surface area (Å²) in [5.41, 5.74) is 3.29. The number of aromatic amines is 1. The van der Waals surface area contributed by atoms with Gasteiger partial charge in [-0.3, -0.25) is 14.2 Å². The number of anilines is 3. The largest absolute Gasteiger partial charge is 0.356 e. The zero-order valence-corrected chi connectivity index (χ0v) is 17.4. The van der Waals surface area contributed by atoms with Crippen molar-refractivity contribution < 1.29 is 4.79 Å². The Morgan fingerprint density at radius 3 is 2.39 bits per heavy atom. The highest BCUT2D eigenvalue weighted by molar-refractivity contribution is 7.71. The molecule has 0 atom stereocenters. The number of hydrogen-bond donors (Lipinski definition) is 3. The highest BCUT2D eigenvalue weighted by Gasteiger charge is 2.10. The third-order valence-electron chi connectivity index (χ3n) is 4.76. The zero-order chi connectivity index (χ0) is 21.8. The van der Waals surface area contributed by atoms with Crippen molar-refractivity contribution in [2.45, 2.75) is 6.54 Å². The number of hydrogen-bond acceptors (Lipinski definition) is 4. The van der Waals surface area contributed by atoms with Gasteiger partial charge >= 0.3 is 0 Å². The van der Waals surface area contributed by atoms with Crippen LogP contribution in [-0.2, 0) is 6.54 Å². The predicted molar refractivity (Wildman–Crippen MR) is 128 cm³/mol. The van der Waals surface area contributed by atoms with E-state index in [9.17, 15) is 9.59 Å². The lowest BCUT2D eigenvalue weighted by molar-refractivity contribution is 0.102. The summed E-state index contributed by atoms with van der Waals surface area (Å²) in [6.45, 7) is 3.97. The van der Waals surface area contributed by atoms with E-state index in [1.54, 1.807) is 24.3 Å². The van der Waals surface area contributed by atoms with E-state index in [4.69, 9.17) is 12.2 Å². The number of nitrogens with zero attached hydrogens (tertiary/aromatic N) is 1. The second-order valence-corrected chi connectivity index (χ2v) is 7.30. The average Bonchev–Trinajstić information content (AvgIpc) is 2.78. The van der Waals surface area contributed by atoms with E-state index in [1.807, 2.05) is 54.6 Å². The van der Waals surface area contributed by atoms with Crippen LogP contribution in [-0.4, -0.2) is 15.5 Å². The molecule has 4 aromatic rings. The van der Waals surface area contributed by atoms with Gasteiger partial charge in [0.1, 0.15) is 0 Å². The maximum Gasteiger partial charge on any atom is 0.262 e. The van der Waals surface area contributed by atoms with Crippen LogP contribution >= 0.6 is 12.2 Å². The molecule has 0 saturated carbocycles. The zero-order valence-electron chi connectivity index (χ0n) is 16.6. The van der Waals surface area contributed by atoms with Gasteiger partial charge in [-0.25, -0.2) is 0 Å². The molecule has 0 aliphatic carbocycles. The smallest absolute Gasteiger partial charge is 0.262 e. The maximum absolute atomic E-state index is 12.7. The fourth-order valence-corrected chi connectivity index (χ4v) is 3.49. The summed E-state index contributed by atoms with van der Waals surface area (Å²) in [6.07, 6.45) is 1.61. The summed E-state index contributed by atoms with van der Waals surface area (Å²) in [4.78, 5) is 28.3.